The number of piperidine rings is 1. The number of amides is 1. The van der Waals surface area contributed by atoms with E-state index in [9.17, 15) is 9.18 Å². The van der Waals surface area contributed by atoms with Crippen molar-refractivity contribution in [2.45, 2.75) is 31.6 Å². The van der Waals surface area contributed by atoms with Crippen LogP contribution in [0.15, 0.2) is 67.0 Å². The van der Waals surface area contributed by atoms with Crippen LogP contribution in [0.1, 0.15) is 41.3 Å². The van der Waals surface area contributed by atoms with Gasteiger partial charge in [-0.05, 0) is 54.3 Å². The zero-order chi connectivity index (χ0) is 20.1. The summed E-state index contributed by atoms with van der Waals surface area (Å²) >= 11 is 0. The maximum Gasteiger partial charge on any atom is 0.227 e. The zero-order valence-corrected chi connectivity index (χ0v) is 16.3. The second-order valence-electron chi connectivity index (χ2n) is 7.53. The van der Waals surface area contributed by atoms with E-state index in [0.717, 1.165) is 36.3 Å². The average Bonchev–Trinajstić information content (AvgIpc) is 2.76. The minimum atomic E-state index is -0.203. The summed E-state index contributed by atoms with van der Waals surface area (Å²) in [4.78, 5) is 23.5. The number of hydrogen-bond donors (Lipinski definition) is 0. The van der Waals surface area contributed by atoms with Crippen molar-refractivity contribution in [3.8, 4) is 0 Å². The van der Waals surface area contributed by atoms with Crippen molar-refractivity contribution in [3.63, 3.8) is 0 Å². The van der Waals surface area contributed by atoms with E-state index in [-0.39, 0.29) is 17.6 Å². The monoisotopic (exact) mass is 389 g/mol. The van der Waals surface area contributed by atoms with Crippen LogP contribution in [0, 0.1) is 5.82 Å². The van der Waals surface area contributed by atoms with E-state index >= 15 is 0 Å². The summed E-state index contributed by atoms with van der Waals surface area (Å²) in [7, 11) is 0. The number of rotatable bonds is 5. The van der Waals surface area contributed by atoms with E-state index in [1.54, 1.807) is 24.5 Å². The number of aromatic nitrogens is 2. The Morgan fingerprint density at radius 1 is 1.07 bits per heavy atom. The summed E-state index contributed by atoms with van der Waals surface area (Å²) in [5.41, 5.74) is 3.47. The van der Waals surface area contributed by atoms with Gasteiger partial charge in [-0.15, -0.1) is 0 Å². The molecule has 29 heavy (non-hydrogen) atoms. The van der Waals surface area contributed by atoms with Crippen LogP contribution in [0.4, 0.5) is 4.39 Å². The van der Waals surface area contributed by atoms with E-state index in [4.69, 9.17) is 4.98 Å². The first-order chi connectivity index (χ1) is 14.2. The van der Waals surface area contributed by atoms with Crippen molar-refractivity contribution in [1.82, 2.24) is 14.9 Å². The van der Waals surface area contributed by atoms with Crippen LogP contribution in [-0.4, -0.2) is 33.9 Å². The van der Waals surface area contributed by atoms with Crippen molar-refractivity contribution < 1.29 is 9.18 Å². The number of pyridine rings is 2. The van der Waals surface area contributed by atoms with Crippen LogP contribution in [-0.2, 0) is 17.6 Å². The number of benzene rings is 1. The predicted molar refractivity (Wildman–Crippen MR) is 110 cm³/mol. The molecule has 1 aliphatic heterocycles. The van der Waals surface area contributed by atoms with Gasteiger partial charge in [-0.3, -0.25) is 14.8 Å². The second-order valence-corrected chi connectivity index (χ2v) is 7.53. The quantitative estimate of drug-likeness (QED) is 0.658. The molecule has 1 atom stereocenters. The van der Waals surface area contributed by atoms with Crippen LogP contribution >= 0.6 is 0 Å². The highest BCUT2D eigenvalue weighted by Crippen LogP contribution is 2.26. The molecule has 1 aliphatic rings. The molecule has 148 valence electrons. The average molecular weight is 389 g/mol. The third-order valence-electron chi connectivity index (χ3n) is 5.45. The molecular formula is C24H24FN3O. The SMILES string of the molecule is O=C(Cc1ccncc1)N1CCC[C@@H](c2cccc(Cc3ccccc3F)n2)C1. The maximum atomic E-state index is 14.0. The normalized spacial score (nSPS) is 16.6. The van der Waals surface area contributed by atoms with Gasteiger partial charge in [-0.25, -0.2) is 4.39 Å². The molecule has 1 aromatic carbocycles. The highest BCUT2D eigenvalue weighted by Gasteiger charge is 2.25. The van der Waals surface area contributed by atoms with Crippen molar-refractivity contribution in [1.29, 1.82) is 0 Å². The van der Waals surface area contributed by atoms with E-state index in [1.807, 2.05) is 41.3 Å². The number of halogens is 1. The van der Waals surface area contributed by atoms with E-state index in [1.165, 1.54) is 6.07 Å². The van der Waals surface area contributed by atoms with E-state index < -0.39 is 0 Å². The minimum Gasteiger partial charge on any atom is -0.342 e. The van der Waals surface area contributed by atoms with Crippen LogP contribution in [0.5, 0.6) is 0 Å². The second kappa shape index (κ2) is 8.95. The molecule has 0 spiro atoms. The smallest absolute Gasteiger partial charge is 0.227 e. The van der Waals surface area contributed by atoms with Gasteiger partial charge in [-0.1, -0.05) is 24.3 Å². The molecule has 5 heteroatoms. The lowest BCUT2D eigenvalue weighted by molar-refractivity contribution is -0.131. The van der Waals surface area contributed by atoms with Gasteiger partial charge in [0, 0.05) is 49.2 Å². The highest BCUT2D eigenvalue weighted by molar-refractivity contribution is 5.78. The van der Waals surface area contributed by atoms with Gasteiger partial charge in [0.25, 0.3) is 0 Å². The molecule has 0 saturated carbocycles. The first-order valence-corrected chi connectivity index (χ1v) is 10.0. The number of likely N-dealkylation sites (tertiary alicyclic amines) is 1. The van der Waals surface area contributed by atoms with Gasteiger partial charge in [0.1, 0.15) is 5.82 Å². The van der Waals surface area contributed by atoms with Gasteiger partial charge in [0.05, 0.1) is 6.42 Å². The molecular weight excluding hydrogens is 365 g/mol. The van der Waals surface area contributed by atoms with Crippen LogP contribution in [0.3, 0.4) is 0 Å². The fourth-order valence-corrected chi connectivity index (χ4v) is 3.89. The summed E-state index contributed by atoms with van der Waals surface area (Å²) in [6.07, 6.45) is 6.27. The zero-order valence-electron chi connectivity index (χ0n) is 16.3. The van der Waals surface area contributed by atoms with Crippen LogP contribution in [0.2, 0.25) is 0 Å². The first kappa shape index (κ1) is 19.2. The molecule has 4 rings (SSSR count). The van der Waals surface area contributed by atoms with Crippen LogP contribution < -0.4 is 0 Å². The molecule has 3 heterocycles. The molecule has 1 saturated heterocycles. The molecule has 0 radical (unpaired) electrons. The lowest BCUT2D eigenvalue weighted by Crippen LogP contribution is -2.40. The Balaban J connectivity index is 1.44. The highest BCUT2D eigenvalue weighted by atomic mass is 19.1. The third-order valence-corrected chi connectivity index (χ3v) is 5.45. The number of carbonyl (C=O) groups is 1. The summed E-state index contributed by atoms with van der Waals surface area (Å²) < 4.78 is 14.0. The topological polar surface area (TPSA) is 46.1 Å². The summed E-state index contributed by atoms with van der Waals surface area (Å²) in [6.45, 7) is 1.47. The molecule has 0 N–H and O–H groups in total. The van der Waals surface area contributed by atoms with Gasteiger partial charge < -0.3 is 4.90 Å². The number of nitrogens with zero attached hydrogens (tertiary/aromatic N) is 3. The minimum absolute atomic E-state index is 0.142. The Hall–Kier alpha value is -3.08. The van der Waals surface area contributed by atoms with Crippen molar-refractivity contribution in [2.75, 3.05) is 13.1 Å². The summed E-state index contributed by atoms with van der Waals surface area (Å²) in [5.74, 6) is 0.152. The van der Waals surface area contributed by atoms with Gasteiger partial charge in [0.15, 0.2) is 0 Å². The molecule has 0 aliphatic carbocycles. The molecule has 1 fully saturated rings. The fourth-order valence-electron chi connectivity index (χ4n) is 3.89. The molecule has 3 aromatic rings. The third kappa shape index (κ3) is 4.86. The Morgan fingerprint density at radius 3 is 2.72 bits per heavy atom. The van der Waals surface area contributed by atoms with Crippen molar-refractivity contribution >= 4 is 5.91 Å². The maximum absolute atomic E-state index is 14.0. The van der Waals surface area contributed by atoms with Crippen molar-refractivity contribution in [3.05, 3.63) is 95.3 Å². The molecule has 1 amide bonds. The Bertz CT molecular complexity index is 977. The fraction of sp³-hybridized carbons (Fsp3) is 0.292. The Labute approximate surface area is 170 Å². The summed E-state index contributed by atoms with van der Waals surface area (Å²) in [6, 6.07) is 16.5. The van der Waals surface area contributed by atoms with E-state index in [0.29, 0.717) is 24.9 Å². The van der Waals surface area contributed by atoms with E-state index in [2.05, 4.69) is 4.98 Å². The predicted octanol–water partition coefficient (Wildman–Crippen LogP) is 4.16. The number of carbonyl (C=O) groups excluding carboxylic acids is 1. The summed E-state index contributed by atoms with van der Waals surface area (Å²) in [5, 5.41) is 0. The lowest BCUT2D eigenvalue weighted by atomic mass is 9.93. The molecule has 0 bridgehead atoms. The van der Waals surface area contributed by atoms with Gasteiger partial charge >= 0.3 is 0 Å². The Kier molecular flexibility index (Phi) is 5.94. The number of hydrogen-bond acceptors (Lipinski definition) is 3. The van der Waals surface area contributed by atoms with Gasteiger partial charge in [0.2, 0.25) is 5.91 Å². The molecule has 2 aromatic heterocycles. The van der Waals surface area contributed by atoms with Gasteiger partial charge in [-0.2, -0.15) is 0 Å². The van der Waals surface area contributed by atoms with Crippen molar-refractivity contribution in [2.24, 2.45) is 0 Å². The molecule has 0 unspecified atom stereocenters. The largest absolute Gasteiger partial charge is 0.342 e. The first-order valence-electron chi connectivity index (χ1n) is 10.0. The standard InChI is InChI=1S/C24H24FN3O/c25-22-8-2-1-5-19(22)16-21-7-3-9-23(27-21)20-6-4-14-28(17-20)24(29)15-18-10-12-26-13-11-18/h1-3,5,7-13,20H,4,6,14-17H2/t20-/m1/s1. The Morgan fingerprint density at radius 2 is 1.90 bits per heavy atom. The molecule has 4 nitrogen and oxygen atoms in total. The lowest BCUT2D eigenvalue weighted by Gasteiger charge is -2.32. The van der Waals surface area contributed by atoms with Crippen LogP contribution in [0.25, 0.3) is 0 Å².